The summed E-state index contributed by atoms with van der Waals surface area (Å²) >= 11 is -2.61. The van der Waals surface area contributed by atoms with Crippen LogP contribution in [0.25, 0.3) is 0 Å². The monoisotopic (exact) mass is 370 g/mol. The normalized spacial score (nSPS) is 7.89. The number of hydrogen-bond acceptors (Lipinski definition) is 4. The van der Waals surface area contributed by atoms with E-state index in [1.807, 2.05) is 0 Å². The van der Waals surface area contributed by atoms with Crippen LogP contribution in [0.2, 0.25) is 0 Å². The molecule has 0 fully saturated rings. The minimum atomic E-state index is -3.37. The Hall–Kier alpha value is 1.30. The Bertz CT molecular complexity index is 57.3. The van der Waals surface area contributed by atoms with Gasteiger partial charge in [0.05, 0.1) is 0 Å². The van der Waals surface area contributed by atoms with Crippen molar-refractivity contribution in [3.8, 4) is 0 Å². The zero-order chi connectivity index (χ0) is 7.15. The van der Waals surface area contributed by atoms with Gasteiger partial charge in [-0.3, -0.25) is 9.11 Å². The van der Waals surface area contributed by atoms with Crippen LogP contribution in [0.5, 0.6) is 0 Å². The summed E-state index contributed by atoms with van der Waals surface area (Å²) in [5, 5.41) is 0. The van der Waals surface area contributed by atoms with Crippen molar-refractivity contribution in [1.82, 2.24) is 0 Å². The predicted molar refractivity (Wildman–Crippen MR) is 27.5 cm³/mol. The van der Waals surface area contributed by atoms with Gasteiger partial charge in [-0.25, -0.2) is 0 Å². The summed E-state index contributed by atoms with van der Waals surface area (Å²) in [6.45, 7) is 0. The molecule has 0 atom stereocenters. The van der Waals surface area contributed by atoms with Crippen molar-refractivity contribution in [1.29, 1.82) is 0 Å². The fourth-order valence-electron chi connectivity index (χ4n) is 0. The molecule has 0 rings (SSSR count). The Morgan fingerprint density at radius 2 is 1.22 bits per heavy atom. The second-order valence-electron chi connectivity index (χ2n) is 0.454. The van der Waals surface area contributed by atoms with E-state index in [4.69, 9.17) is 28.0 Å². The van der Waals surface area contributed by atoms with E-state index in [1.54, 1.807) is 0 Å². The molecule has 0 radical (unpaired) electrons. The van der Waals surface area contributed by atoms with Crippen LogP contribution in [0.1, 0.15) is 0 Å². The van der Waals surface area contributed by atoms with E-state index < -0.39 is 20.0 Å². The van der Waals surface area contributed by atoms with Gasteiger partial charge in [0.15, 0.2) is 0 Å². The van der Waals surface area contributed by atoms with E-state index in [2.05, 4.69) is 0 Å². The summed E-state index contributed by atoms with van der Waals surface area (Å²) in [4.78, 5) is 25.4. The molecule has 0 bridgehead atoms. The zero-order valence-corrected chi connectivity index (χ0v) is 10.2. The molecule has 54 valence electrons. The van der Waals surface area contributed by atoms with Gasteiger partial charge in [0, 0.05) is 0 Å². The van der Waals surface area contributed by atoms with Crippen LogP contribution in [0.4, 0.5) is 0 Å². The zero-order valence-electron chi connectivity index (χ0n) is 3.96. The Kier molecular flexibility index (Phi) is 22.3. The first-order valence-electron chi connectivity index (χ1n) is 1.08. The van der Waals surface area contributed by atoms with Crippen LogP contribution in [-0.4, -0.2) is 40.6 Å². The molecular weight excluding hydrogens is 366 g/mol. The standard InChI is InChI=1S/O3P.H2O3S.Pb.H/c2*1-4(2)3;;/h;(H2,1,2,3);;/q-3;;+3;. The van der Waals surface area contributed by atoms with Crippen LogP contribution in [0.3, 0.4) is 0 Å². The number of rotatable bonds is 0. The van der Waals surface area contributed by atoms with Crippen LogP contribution >= 0.6 is 8.60 Å². The molecule has 9 heavy (non-hydrogen) atoms. The maximum atomic E-state index is 8.67. The Morgan fingerprint density at radius 1 is 1.22 bits per heavy atom. The molecule has 9 heteroatoms. The van der Waals surface area contributed by atoms with Crippen molar-refractivity contribution in [3.63, 3.8) is 0 Å². The molecule has 0 aromatic heterocycles. The van der Waals surface area contributed by atoms with E-state index in [-0.39, 0.29) is 27.3 Å². The fraction of sp³-hybridized carbons (Fsp3) is 0. The van der Waals surface area contributed by atoms with Gasteiger partial charge >= 0.3 is 27.3 Å². The third-order valence-electron chi connectivity index (χ3n) is 0. The second-order valence-corrected chi connectivity index (χ2v) is 1.36. The van der Waals surface area contributed by atoms with E-state index >= 15 is 0 Å². The Labute approximate surface area is 75.2 Å². The second kappa shape index (κ2) is 12.0. The van der Waals surface area contributed by atoms with E-state index in [0.29, 0.717) is 0 Å². The van der Waals surface area contributed by atoms with Crippen molar-refractivity contribution >= 4 is 47.3 Å². The van der Waals surface area contributed by atoms with Gasteiger partial charge < -0.3 is 23.3 Å². The van der Waals surface area contributed by atoms with Gasteiger partial charge in [-0.05, 0) is 0 Å². The minimum absolute atomic E-state index is 0. The molecule has 2 N–H and O–H groups in total. The molecule has 0 aromatic carbocycles. The van der Waals surface area contributed by atoms with Crippen molar-refractivity contribution in [2.45, 2.75) is 0 Å². The summed E-state index contributed by atoms with van der Waals surface area (Å²) in [5.74, 6) is 0. The van der Waals surface area contributed by atoms with Gasteiger partial charge in [0.25, 0.3) is 11.4 Å². The van der Waals surface area contributed by atoms with E-state index in [1.165, 1.54) is 0 Å². The molecule has 6 nitrogen and oxygen atoms in total. The van der Waals surface area contributed by atoms with Gasteiger partial charge in [-0.2, -0.15) is 4.21 Å². The molecule has 0 saturated carbocycles. The fourth-order valence-corrected chi connectivity index (χ4v) is 0. The maximum absolute atomic E-state index is 8.67. The molecule has 0 aliphatic carbocycles. The summed E-state index contributed by atoms with van der Waals surface area (Å²) in [5.41, 5.74) is 0. The van der Waals surface area contributed by atoms with Crippen LogP contribution in [0.15, 0.2) is 0 Å². The molecule has 0 saturated heterocycles. The van der Waals surface area contributed by atoms with Gasteiger partial charge in [-0.1, -0.05) is 0 Å². The molecule has 0 aromatic rings. The Balaban J connectivity index is -0.0000000720. The molecule has 0 spiro atoms. The van der Waals surface area contributed by atoms with Crippen LogP contribution in [0, 0.1) is 0 Å². The SMILES string of the molecule is O=S(O)O.[O-]P([O-])[O-].[PbH+3]. The van der Waals surface area contributed by atoms with E-state index in [9.17, 15) is 0 Å². The Morgan fingerprint density at radius 3 is 1.22 bits per heavy atom. The summed E-state index contributed by atoms with van der Waals surface area (Å²) in [6, 6.07) is 0. The summed E-state index contributed by atoms with van der Waals surface area (Å²) in [6.07, 6.45) is 0. The average molecular weight is 369 g/mol. The summed E-state index contributed by atoms with van der Waals surface area (Å²) in [7, 11) is -3.37. The van der Waals surface area contributed by atoms with Gasteiger partial charge in [-0.15, -0.1) is 0 Å². The average Bonchev–Trinajstić information content (AvgIpc) is 1.25. The first-order chi connectivity index (χ1) is 3.46. The van der Waals surface area contributed by atoms with E-state index in [0.717, 1.165) is 0 Å². The predicted octanol–water partition coefficient (Wildman–Crippen LogP) is -3.67. The molecule has 0 aliphatic heterocycles. The van der Waals surface area contributed by atoms with Crippen LogP contribution in [-0.2, 0) is 11.4 Å². The molecule has 0 unspecified atom stereocenters. The molecule has 0 heterocycles. The van der Waals surface area contributed by atoms with Crippen LogP contribution < -0.4 is 14.7 Å². The van der Waals surface area contributed by atoms with Crippen molar-refractivity contribution in [2.24, 2.45) is 0 Å². The molecule has 0 amide bonds. The first-order valence-corrected chi connectivity index (χ1v) is 3.24. The third kappa shape index (κ3) is 293. The topological polar surface area (TPSA) is 127 Å². The quantitative estimate of drug-likeness (QED) is 0.257. The van der Waals surface area contributed by atoms with Gasteiger partial charge in [0.1, 0.15) is 0 Å². The van der Waals surface area contributed by atoms with Crippen molar-refractivity contribution < 1.29 is 28.0 Å². The van der Waals surface area contributed by atoms with Gasteiger partial charge in [0.2, 0.25) is 0 Å². The third-order valence-corrected chi connectivity index (χ3v) is 0. The van der Waals surface area contributed by atoms with Crippen molar-refractivity contribution in [2.75, 3.05) is 0 Å². The van der Waals surface area contributed by atoms with Crippen molar-refractivity contribution in [3.05, 3.63) is 0 Å². The summed E-state index contributed by atoms with van der Waals surface area (Å²) < 4.78 is 22.8. The molecule has 0 aliphatic rings. The first kappa shape index (κ1) is 16.7. The molecular formula is H3O6PPbS. The number of hydrogen-bond donors (Lipinski definition) is 2.